The second-order valence-electron chi connectivity index (χ2n) is 4.61. The Morgan fingerprint density at radius 2 is 2.12 bits per heavy atom. The van der Waals surface area contributed by atoms with Crippen LogP contribution in [0.3, 0.4) is 0 Å². The van der Waals surface area contributed by atoms with Crippen molar-refractivity contribution in [3.8, 4) is 5.75 Å². The SMILES string of the molecule is COc1ccc(CCC2(C)COC(=O)N2)cc1. The van der Waals surface area contributed by atoms with Crippen molar-refractivity contribution in [2.24, 2.45) is 0 Å². The maximum absolute atomic E-state index is 11.0. The number of alkyl carbamates (subject to hydrolysis) is 1. The van der Waals surface area contributed by atoms with Gasteiger partial charge in [0.1, 0.15) is 12.4 Å². The zero-order valence-corrected chi connectivity index (χ0v) is 10.2. The van der Waals surface area contributed by atoms with Crippen LogP contribution in [0.15, 0.2) is 24.3 Å². The molecular formula is C13H17NO3. The first-order valence-corrected chi connectivity index (χ1v) is 5.69. The Morgan fingerprint density at radius 3 is 2.65 bits per heavy atom. The van der Waals surface area contributed by atoms with Crippen LogP contribution in [0.2, 0.25) is 0 Å². The minimum Gasteiger partial charge on any atom is -0.497 e. The van der Waals surface area contributed by atoms with E-state index in [0.717, 1.165) is 18.6 Å². The number of aryl methyl sites for hydroxylation is 1. The van der Waals surface area contributed by atoms with Crippen LogP contribution < -0.4 is 10.1 Å². The molecule has 2 rings (SSSR count). The minimum atomic E-state index is -0.317. The van der Waals surface area contributed by atoms with E-state index in [1.54, 1.807) is 7.11 Å². The summed E-state index contributed by atoms with van der Waals surface area (Å²) in [6, 6.07) is 7.97. The predicted octanol–water partition coefficient (Wildman–Crippen LogP) is 2.13. The smallest absolute Gasteiger partial charge is 0.407 e. The molecule has 1 aromatic carbocycles. The van der Waals surface area contributed by atoms with E-state index in [2.05, 4.69) is 5.32 Å². The molecule has 1 fully saturated rings. The summed E-state index contributed by atoms with van der Waals surface area (Å²) in [4.78, 5) is 11.0. The predicted molar refractivity (Wildman–Crippen MR) is 64.2 cm³/mol. The average Bonchev–Trinajstić information content (AvgIpc) is 2.68. The van der Waals surface area contributed by atoms with Crippen LogP contribution in [0.4, 0.5) is 4.79 Å². The zero-order chi connectivity index (χ0) is 12.3. The summed E-state index contributed by atoms with van der Waals surface area (Å²) in [5.74, 6) is 0.859. The average molecular weight is 235 g/mol. The first-order valence-electron chi connectivity index (χ1n) is 5.69. The fourth-order valence-electron chi connectivity index (χ4n) is 1.89. The van der Waals surface area contributed by atoms with E-state index in [1.165, 1.54) is 5.56 Å². The quantitative estimate of drug-likeness (QED) is 0.869. The van der Waals surface area contributed by atoms with Crippen molar-refractivity contribution < 1.29 is 14.3 Å². The first kappa shape index (κ1) is 11.8. The lowest BCUT2D eigenvalue weighted by atomic mass is 9.95. The number of benzene rings is 1. The second-order valence-corrected chi connectivity index (χ2v) is 4.61. The fraction of sp³-hybridized carbons (Fsp3) is 0.462. The van der Waals surface area contributed by atoms with Crippen molar-refractivity contribution in [1.82, 2.24) is 5.32 Å². The van der Waals surface area contributed by atoms with Gasteiger partial charge in [0, 0.05) is 0 Å². The van der Waals surface area contributed by atoms with E-state index in [9.17, 15) is 4.79 Å². The molecule has 1 unspecified atom stereocenters. The van der Waals surface area contributed by atoms with E-state index in [1.807, 2.05) is 31.2 Å². The van der Waals surface area contributed by atoms with Gasteiger partial charge in [0.2, 0.25) is 0 Å². The number of hydrogen-bond acceptors (Lipinski definition) is 3. The molecule has 0 spiro atoms. The zero-order valence-electron chi connectivity index (χ0n) is 10.2. The Bertz CT molecular complexity index is 402. The monoisotopic (exact) mass is 235 g/mol. The Morgan fingerprint density at radius 1 is 1.41 bits per heavy atom. The van der Waals surface area contributed by atoms with Crippen molar-refractivity contribution >= 4 is 6.09 Å². The number of amides is 1. The minimum absolute atomic E-state index is 0.239. The number of ether oxygens (including phenoxy) is 2. The second kappa shape index (κ2) is 4.65. The van der Waals surface area contributed by atoms with Gasteiger partial charge in [-0.05, 0) is 37.5 Å². The standard InChI is InChI=1S/C13H17NO3/c1-13(9-17-12(15)14-13)8-7-10-3-5-11(16-2)6-4-10/h3-6H,7-9H2,1-2H3,(H,14,15). The van der Waals surface area contributed by atoms with Crippen LogP contribution in [-0.2, 0) is 11.2 Å². The summed E-state index contributed by atoms with van der Waals surface area (Å²) in [5, 5.41) is 2.84. The van der Waals surface area contributed by atoms with Gasteiger partial charge in [-0.1, -0.05) is 12.1 Å². The summed E-state index contributed by atoms with van der Waals surface area (Å²) in [7, 11) is 1.65. The summed E-state index contributed by atoms with van der Waals surface area (Å²) in [5.41, 5.74) is 0.991. The third-order valence-corrected chi connectivity index (χ3v) is 3.05. The topological polar surface area (TPSA) is 47.6 Å². The van der Waals surface area contributed by atoms with Gasteiger partial charge in [-0.15, -0.1) is 0 Å². The molecule has 1 heterocycles. The van der Waals surface area contributed by atoms with E-state index in [-0.39, 0.29) is 11.6 Å². The lowest BCUT2D eigenvalue weighted by Crippen LogP contribution is -2.40. The molecule has 17 heavy (non-hydrogen) atoms. The number of cyclic esters (lactones) is 1. The van der Waals surface area contributed by atoms with Gasteiger partial charge in [-0.2, -0.15) is 0 Å². The highest BCUT2D eigenvalue weighted by molar-refractivity contribution is 5.70. The highest BCUT2D eigenvalue weighted by Gasteiger charge is 2.34. The summed E-state index contributed by atoms with van der Waals surface area (Å²) >= 11 is 0. The largest absolute Gasteiger partial charge is 0.497 e. The molecule has 1 aliphatic heterocycles. The molecule has 0 radical (unpaired) electrons. The summed E-state index contributed by atoms with van der Waals surface area (Å²) in [6.45, 7) is 2.45. The number of hydrogen-bond donors (Lipinski definition) is 1. The summed E-state index contributed by atoms with van der Waals surface area (Å²) in [6.07, 6.45) is 1.46. The van der Waals surface area contributed by atoms with Crippen molar-refractivity contribution in [3.63, 3.8) is 0 Å². The molecule has 0 aromatic heterocycles. The Balaban J connectivity index is 1.91. The number of nitrogens with one attached hydrogen (secondary N) is 1. The van der Waals surface area contributed by atoms with Crippen LogP contribution in [0.5, 0.6) is 5.75 Å². The Kier molecular flexibility index (Phi) is 3.22. The third-order valence-electron chi connectivity index (χ3n) is 3.05. The number of carbonyl (C=O) groups is 1. The van der Waals surface area contributed by atoms with Gasteiger partial charge >= 0.3 is 6.09 Å². The van der Waals surface area contributed by atoms with Gasteiger partial charge in [0.15, 0.2) is 0 Å². The van der Waals surface area contributed by atoms with Crippen molar-refractivity contribution in [2.75, 3.05) is 13.7 Å². The first-order chi connectivity index (χ1) is 8.11. The number of rotatable bonds is 4. The molecule has 1 saturated heterocycles. The fourth-order valence-corrected chi connectivity index (χ4v) is 1.89. The molecule has 1 amide bonds. The van der Waals surface area contributed by atoms with Crippen molar-refractivity contribution in [1.29, 1.82) is 0 Å². The van der Waals surface area contributed by atoms with Crippen LogP contribution in [-0.4, -0.2) is 25.3 Å². The van der Waals surface area contributed by atoms with Gasteiger partial charge < -0.3 is 14.8 Å². The van der Waals surface area contributed by atoms with Gasteiger partial charge in [-0.3, -0.25) is 0 Å². The molecule has 4 nitrogen and oxygen atoms in total. The molecule has 1 aliphatic rings. The molecular weight excluding hydrogens is 218 g/mol. The van der Waals surface area contributed by atoms with Crippen LogP contribution in [0.25, 0.3) is 0 Å². The van der Waals surface area contributed by atoms with Crippen molar-refractivity contribution in [2.45, 2.75) is 25.3 Å². The van der Waals surface area contributed by atoms with Crippen molar-refractivity contribution in [3.05, 3.63) is 29.8 Å². The maximum Gasteiger partial charge on any atom is 0.407 e. The van der Waals surface area contributed by atoms with Gasteiger partial charge in [0.05, 0.1) is 12.6 Å². The molecule has 1 atom stereocenters. The third kappa shape index (κ3) is 2.90. The van der Waals surface area contributed by atoms with Crippen LogP contribution in [0, 0.1) is 0 Å². The Labute approximate surface area is 101 Å². The highest BCUT2D eigenvalue weighted by Crippen LogP contribution is 2.20. The number of methoxy groups -OCH3 is 1. The molecule has 4 heteroatoms. The van der Waals surface area contributed by atoms with E-state index in [4.69, 9.17) is 9.47 Å². The van der Waals surface area contributed by atoms with Gasteiger partial charge in [0.25, 0.3) is 0 Å². The number of carbonyl (C=O) groups excluding carboxylic acids is 1. The molecule has 0 bridgehead atoms. The van der Waals surface area contributed by atoms with E-state index < -0.39 is 0 Å². The lowest BCUT2D eigenvalue weighted by Gasteiger charge is -2.20. The normalized spacial score (nSPS) is 23.1. The highest BCUT2D eigenvalue weighted by atomic mass is 16.6. The summed E-state index contributed by atoms with van der Waals surface area (Å²) < 4.78 is 10.0. The molecule has 92 valence electrons. The van der Waals surface area contributed by atoms with Crippen LogP contribution in [0.1, 0.15) is 18.9 Å². The van der Waals surface area contributed by atoms with E-state index >= 15 is 0 Å². The lowest BCUT2D eigenvalue weighted by molar-refractivity contribution is 0.172. The molecule has 0 saturated carbocycles. The van der Waals surface area contributed by atoms with Crippen LogP contribution >= 0.6 is 0 Å². The molecule has 0 aliphatic carbocycles. The maximum atomic E-state index is 11.0. The molecule has 1 N–H and O–H groups in total. The Hall–Kier alpha value is -1.71. The van der Waals surface area contributed by atoms with Gasteiger partial charge in [-0.25, -0.2) is 4.79 Å². The molecule has 1 aromatic rings. The van der Waals surface area contributed by atoms with E-state index in [0.29, 0.717) is 6.61 Å².